The molecule has 0 saturated carbocycles. The largest absolute Gasteiger partial charge is 0.480 e. The van der Waals surface area contributed by atoms with Crippen molar-refractivity contribution in [2.24, 2.45) is 0 Å². The summed E-state index contributed by atoms with van der Waals surface area (Å²) in [5.74, 6) is -1.89. The van der Waals surface area contributed by atoms with E-state index in [0.29, 0.717) is 0 Å². The molecular formula is C31H34N2O7. The third-order valence-corrected chi connectivity index (χ3v) is 6.99. The van der Waals surface area contributed by atoms with Gasteiger partial charge < -0.3 is 30.0 Å². The number of hydrogen-bond acceptors (Lipinski definition) is 6. The predicted octanol–water partition coefficient (Wildman–Crippen LogP) is 4.10. The topological polar surface area (TPSA) is 123 Å². The SMILES string of the molecule is COC(CCNC(=O)OCC1c2ccccc2-c2ccccc21)C(=O)N[C@@H](C(=O)O)[C@H](C)OCc1ccccc1. The van der Waals surface area contributed by atoms with Gasteiger partial charge in [-0.2, -0.15) is 0 Å². The van der Waals surface area contributed by atoms with Crippen LogP contribution in [0.1, 0.15) is 36.0 Å². The van der Waals surface area contributed by atoms with Crippen LogP contribution in [0.5, 0.6) is 0 Å². The molecule has 0 saturated heterocycles. The van der Waals surface area contributed by atoms with Crippen LogP contribution in [-0.4, -0.2) is 61.6 Å². The molecule has 3 N–H and O–H groups in total. The molecule has 0 spiro atoms. The van der Waals surface area contributed by atoms with Crippen LogP contribution in [0, 0.1) is 0 Å². The smallest absolute Gasteiger partial charge is 0.407 e. The Balaban J connectivity index is 1.24. The second-order valence-corrected chi connectivity index (χ2v) is 9.59. The monoisotopic (exact) mass is 546 g/mol. The zero-order chi connectivity index (χ0) is 28.5. The maximum atomic E-state index is 12.8. The second-order valence-electron chi connectivity index (χ2n) is 9.59. The van der Waals surface area contributed by atoms with Gasteiger partial charge in [0.2, 0.25) is 5.91 Å². The van der Waals surface area contributed by atoms with Crippen LogP contribution in [0.3, 0.4) is 0 Å². The first-order valence-electron chi connectivity index (χ1n) is 13.2. The maximum Gasteiger partial charge on any atom is 0.407 e. The molecular weight excluding hydrogens is 512 g/mol. The van der Waals surface area contributed by atoms with Gasteiger partial charge >= 0.3 is 12.1 Å². The molecule has 40 heavy (non-hydrogen) atoms. The fourth-order valence-electron chi connectivity index (χ4n) is 4.83. The predicted molar refractivity (Wildman–Crippen MR) is 149 cm³/mol. The minimum atomic E-state index is -1.27. The normalized spacial score (nSPS) is 14.3. The van der Waals surface area contributed by atoms with Crippen molar-refractivity contribution in [1.29, 1.82) is 0 Å². The number of fused-ring (bicyclic) bond motifs is 3. The van der Waals surface area contributed by atoms with Gasteiger partial charge in [-0.25, -0.2) is 9.59 Å². The summed E-state index contributed by atoms with van der Waals surface area (Å²) < 4.78 is 16.5. The first-order chi connectivity index (χ1) is 19.4. The summed E-state index contributed by atoms with van der Waals surface area (Å²) >= 11 is 0. The number of carbonyl (C=O) groups excluding carboxylic acids is 2. The quantitative estimate of drug-likeness (QED) is 0.295. The number of benzene rings is 3. The third kappa shape index (κ3) is 7.05. The van der Waals surface area contributed by atoms with Gasteiger partial charge in [-0.05, 0) is 34.7 Å². The summed E-state index contributed by atoms with van der Waals surface area (Å²) in [4.78, 5) is 37.0. The molecule has 210 valence electrons. The fraction of sp³-hybridized carbons (Fsp3) is 0.323. The lowest BCUT2D eigenvalue weighted by molar-refractivity contribution is -0.148. The molecule has 0 fully saturated rings. The number of nitrogens with one attached hydrogen (secondary N) is 2. The third-order valence-electron chi connectivity index (χ3n) is 6.99. The number of ether oxygens (including phenoxy) is 3. The van der Waals surface area contributed by atoms with Gasteiger partial charge in [0.1, 0.15) is 12.7 Å². The molecule has 3 aromatic rings. The van der Waals surface area contributed by atoms with E-state index >= 15 is 0 Å². The lowest BCUT2D eigenvalue weighted by Crippen LogP contribution is -2.52. The number of carboxylic acids is 1. The molecule has 1 aliphatic carbocycles. The summed E-state index contributed by atoms with van der Waals surface area (Å²) in [7, 11) is 1.35. The van der Waals surface area contributed by atoms with Crippen molar-refractivity contribution in [3.05, 3.63) is 95.6 Å². The lowest BCUT2D eigenvalue weighted by Gasteiger charge is -2.24. The van der Waals surface area contributed by atoms with E-state index in [9.17, 15) is 19.5 Å². The Morgan fingerprint density at radius 1 is 0.900 bits per heavy atom. The summed E-state index contributed by atoms with van der Waals surface area (Å²) in [5.41, 5.74) is 5.39. The zero-order valence-corrected chi connectivity index (χ0v) is 22.5. The molecule has 1 aliphatic rings. The Kier molecular flexibility index (Phi) is 9.88. The summed E-state index contributed by atoms with van der Waals surface area (Å²) in [6, 6.07) is 24.2. The molecule has 0 bridgehead atoms. The standard InChI is InChI=1S/C31H34N2O7/c1-20(39-18-21-10-4-3-5-11-21)28(30(35)36)33-29(34)27(38-2)16-17-32-31(37)40-19-26-24-14-8-6-12-22(24)23-13-7-9-15-25(23)26/h3-15,20,26-28H,16-19H2,1-2H3,(H,32,37)(H,33,34)(H,35,36)/t20-,27?,28+/m0/s1. The number of methoxy groups -OCH3 is 1. The molecule has 1 unspecified atom stereocenters. The van der Waals surface area contributed by atoms with E-state index in [1.54, 1.807) is 6.92 Å². The van der Waals surface area contributed by atoms with Crippen molar-refractivity contribution in [3.63, 3.8) is 0 Å². The average Bonchev–Trinajstić information content (AvgIpc) is 3.29. The van der Waals surface area contributed by atoms with Crippen molar-refractivity contribution in [1.82, 2.24) is 10.6 Å². The Bertz CT molecular complexity index is 1270. The molecule has 3 aromatic carbocycles. The van der Waals surface area contributed by atoms with Gasteiger partial charge in [-0.1, -0.05) is 78.9 Å². The number of carbonyl (C=O) groups is 3. The molecule has 9 heteroatoms. The van der Waals surface area contributed by atoms with Gasteiger partial charge in [0.05, 0.1) is 12.7 Å². The molecule has 0 heterocycles. The Hall–Kier alpha value is -4.21. The maximum absolute atomic E-state index is 12.8. The minimum Gasteiger partial charge on any atom is -0.480 e. The van der Waals surface area contributed by atoms with E-state index < -0.39 is 36.2 Å². The molecule has 0 aromatic heterocycles. The van der Waals surface area contributed by atoms with Gasteiger partial charge in [0.15, 0.2) is 6.04 Å². The van der Waals surface area contributed by atoms with Crippen LogP contribution in [-0.2, 0) is 30.4 Å². The van der Waals surface area contributed by atoms with Crippen LogP contribution in [0.4, 0.5) is 4.79 Å². The van der Waals surface area contributed by atoms with E-state index in [0.717, 1.165) is 27.8 Å². The van der Waals surface area contributed by atoms with Crippen molar-refractivity contribution in [2.45, 2.75) is 44.1 Å². The highest BCUT2D eigenvalue weighted by molar-refractivity contribution is 5.86. The van der Waals surface area contributed by atoms with Gasteiger partial charge in [-0.3, -0.25) is 4.79 Å². The van der Waals surface area contributed by atoms with Crippen LogP contribution >= 0.6 is 0 Å². The van der Waals surface area contributed by atoms with Gasteiger partial charge in [0.25, 0.3) is 0 Å². The van der Waals surface area contributed by atoms with E-state index in [1.807, 2.05) is 66.7 Å². The Morgan fingerprint density at radius 2 is 1.50 bits per heavy atom. The summed E-state index contributed by atoms with van der Waals surface area (Å²) in [5, 5.41) is 14.8. The Morgan fingerprint density at radius 3 is 2.10 bits per heavy atom. The summed E-state index contributed by atoms with van der Waals surface area (Å²) in [6.45, 7) is 2.07. The van der Waals surface area contributed by atoms with Crippen LogP contribution in [0.2, 0.25) is 0 Å². The molecule has 4 rings (SSSR count). The summed E-state index contributed by atoms with van der Waals surface area (Å²) in [6.07, 6.45) is -2.25. The first kappa shape index (κ1) is 28.8. The molecule has 0 radical (unpaired) electrons. The van der Waals surface area contributed by atoms with Gasteiger partial charge in [0, 0.05) is 26.0 Å². The van der Waals surface area contributed by atoms with Crippen molar-refractivity contribution >= 4 is 18.0 Å². The van der Waals surface area contributed by atoms with E-state index in [-0.39, 0.29) is 32.1 Å². The van der Waals surface area contributed by atoms with Gasteiger partial charge in [-0.15, -0.1) is 0 Å². The number of alkyl carbamates (subject to hydrolysis) is 1. The number of carboxylic acid groups (broad SMARTS) is 1. The number of rotatable bonds is 13. The lowest BCUT2D eigenvalue weighted by atomic mass is 9.98. The molecule has 0 aliphatic heterocycles. The average molecular weight is 547 g/mol. The molecule has 9 nitrogen and oxygen atoms in total. The van der Waals surface area contributed by atoms with E-state index in [1.165, 1.54) is 7.11 Å². The minimum absolute atomic E-state index is 0.0605. The molecule has 3 atom stereocenters. The van der Waals surface area contributed by atoms with E-state index in [2.05, 4.69) is 22.8 Å². The van der Waals surface area contributed by atoms with Crippen molar-refractivity contribution < 1.29 is 33.7 Å². The molecule has 2 amide bonds. The van der Waals surface area contributed by atoms with Crippen LogP contribution < -0.4 is 10.6 Å². The van der Waals surface area contributed by atoms with Crippen LogP contribution in [0.15, 0.2) is 78.9 Å². The highest BCUT2D eigenvalue weighted by atomic mass is 16.5. The van der Waals surface area contributed by atoms with Crippen molar-refractivity contribution in [2.75, 3.05) is 20.3 Å². The Labute approximate surface area is 233 Å². The highest BCUT2D eigenvalue weighted by Crippen LogP contribution is 2.44. The van der Waals surface area contributed by atoms with Crippen LogP contribution in [0.25, 0.3) is 11.1 Å². The fourth-order valence-corrected chi connectivity index (χ4v) is 4.83. The zero-order valence-electron chi connectivity index (χ0n) is 22.5. The number of hydrogen-bond donors (Lipinski definition) is 3. The van der Waals surface area contributed by atoms with E-state index in [4.69, 9.17) is 14.2 Å². The number of amides is 2. The highest BCUT2D eigenvalue weighted by Gasteiger charge is 2.31. The second kappa shape index (κ2) is 13.7. The first-order valence-corrected chi connectivity index (χ1v) is 13.2. The number of aliphatic carboxylic acids is 1. The van der Waals surface area contributed by atoms with Crippen molar-refractivity contribution in [3.8, 4) is 11.1 Å².